The van der Waals surface area contributed by atoms with Crippen molar-refractivity contribution >= 4 is 33.8 Å². The van der Waals surface area contributed by atoms with Gasteiger partial charge in [0.2, 0.25) is 0 Å². The van der Waals surface area contributed by atoms with Gasteiger partial charge >= 0.3 is 5.97 Å². The van der Waals surface area contributed by atoms with E-state index in [4.69, 9.17) is 10.8 Å². The Morgan fingerprint density at radius 2 is 2.29 bits per heavy atom. The van der Waals surface area contributed by atoms with E-state index in [2.05, 4.69) is 10.3 Å². The largest absolute Gasteiger partial charge is 0.478 e. The number of aryl methyl sites for hydroxylation is 1. The summed E-state index contributed by atoms with van der Waals surface area (Å²) in [6, 6.07) is 4.70. The third kappa shape index (κ3) is 2.54. The van der Waals surface area contributed by atoms with Crippen LogP contribution in [0.1, 0.15) is 15.2 Å². The molecule has 5 nitrogen and oxygen atoms in total. The molecule has 0 aliphatic rings. The quantitative estimate of drug-likeness (QED) is 0.727. The van der Waals surface area contributed by atoms with Gasteiger partial charge in [-0.25, -0.2) is 9.78 Å². The summed E-state index contributed by atoms with van der Waals surface area (Å²) in [4.78, 5) is 16.2. The van der Waals surface area contributed by atoms with E-state index in [-0.39, 0.29) is 5.56 Å². The summed E-state index contributed by atoms with van der Waals surface area (Å²) in [7, 11) is 0. The smallest absolute Gasteiger partial charge is 0.337 e. The molecular formula is C11H11N3O2S. The van der Waals surface area contributed by atoms with Crippen molar-refractivity contribution in [3.8, 4) is 0 Å². The number of nitrogens with zero attached hydrogens (tertiary/aromatic N) is 1. The molecule has 4 N–H and O–H groups in total. The van der Waals surface area contributed by atoms with Crippen molar-refractivity contribution in [1.29, 1.82) is 0 Å². The van der Waals surface area contributed by atoms with E-state index >= 15 is 0 Å². The molecule has 2 aromatic rings. The van der Waals surface area contributed by atoms with Crippen LogP contribution in [0.25, 0.3) is 0 Å². The molecule has 0 saturated carbocycles. The molecule has 1 aromatic carbocycles. The molecule has 0 aliphatic heterocycles. The summed E-state index contributed by atoms with van der Waals surface area (Å²) in [6.07, 6.45) is 1.73. The Kier molecular flexibility index (Phi) is 2.97. The van der Waals surface area contributed by atoms with E-state index in [1.54, 1.807) is 18.3 Å². The van der Waals surface area contributed by atoms with Crippen LogP contribution < -0.4 is 11.1 Å². The van der Waals surface area contributed by atoms with Gasteiger partial charge in [0.25, 0.3) is 0 Å². The van der Waals surface area contributed by atoms with E-state index < -0.39 is 5.97 Å². The number of carboxylic acid groups (broad SMARTS) is 1. The van der Waals surface area contributed by atoms with Crippen molar-refractivity contribution in [1.82, 2.24) is 4.98 Å². The number of nitrogen functional groups attached to an aromatic ring is 1. The fourth-order valence-corrected chi connectivity index (χ4v) is 2.05. The fraction of sp³-hybridized carbons (Fsp3) is 0.0909. The fourth-order valence-electron chi connectivity index (χ4n) is 1.38. The first-order valence-electron chi connectivity index (χ1n) is 4.88. The maximum atomic E-state index is 11.1. The summed E-state index contributed by atoms with van der Waals surface area (Å²) in [5.74, 6) is -1.02. The van der Waals surface area contributed by atoms with Crippen molar-refractivity contribution < 1.29 is 9.90 Å². The molecule has 17 heavy (non-hydrogen) atoms. The molecule has 0 radical (unpaired) electrons. The van der Waals surface area contributed by atoms with Gasteiger partial charge in [-0.3, -0.25) is 0 Å². The number of nitrogens with two attached hydrogens (primary N) is 1. The van der Waals surface area contributed by atoms with Crippen LogP contribution in [-0.2, 0) is 0 Å². The predicted octanol–water partition coefficient (Wildman–Crippen LogP) is 2.48. The number of aromatic nitrogens is 1. The zero-order valence-corrected chi connectivity index (χ0v) is 9.91. The summed E-state index contributed by atoms with van der Waals surface area (Å²) in [5, 5.41) is 12.7. The molecule has 0 saturated heterocycles. The molecule has 88 valence electrons. The maximum Gasteiger partial charge on any atom is 0.337 e. The molecule has 0 amide bonds. The van der Waals surface area contributed by atoms with E-state index in [1.807, 2.05) is 6.92 Å². The predicted molar refractivity (Wildman–Crippen MR) is 67.9 cm³/mol. The highest BCUT2D eigenvalue weighted by Gasteiger charge is 2.11. The van der Waals surface area contributed by atoms with E-state index in [0.29, 0.717) is 16.5 Å². The van der Waals surface area contributed by atoms with Crippen LogP contribution in [0.5, 0.6) is 0 Å². The average molecular weight is 249 g/mol. The van der Waals surface area contributed by atoms with Crippen LogP contribution in [0.4, 0.5) is 16.5 Å². The van der Waals surface area contributed by atoms with Crippen LogP contribution >= 0.6 is 11.3 Å². The number of hydrogen-bond donors (Lipinski definition) is 3. The molecule has 0 bridgehead atoms. The Hall–Kier alpha value is -2.08. The Labute approximate surface area is 102 Å². The van der Waals surface area contributed by atoms with Gasteiger partial charge in [0.05, 0.1) is 11.3 Å². The molecule has 2 rings (SSSR count). The normalized spacial score (nSPS) is 10.2. The van der Waals surface area contributed by atoms with E-state index in [1.165, 1.54) is 17.4 Å². The van der Waals surface area contributed by atoms with Gasteiger partial charge in [-0.05, 0) is 25.1 Å². The highest BCUT2D eigenvalue weighted by atomic mass is 32.1. The lowest BCUT2D eigenvalue weighted by Gasteiger charge is -2.07. The van der Waals surface area contributed by atoms with Gasteiger partial charge in [0.1, 0.15) is 0 Å². The van der Waals surface area contributed by atoms with Crippen molar-refractivity contribution in [3.63, 3.8) is 0 Å². The van der Waals surface area contributed by atoms with Crippen LogP contribution in [-0.4, -0.2) is 16.1 Å². The first kappa shape index (κ1) is 11.4. The molecule has 6 heteroatoms. The van der Waals surface area contributed by atoms with Crippen LogP contribution in [0.2, 0.25) is 0 Å². The van der Waals surface area contributed by atoms with Crippen molar-refractivity contribution in [2.45, 2.75) is 6.92 Å². The number of carboxylic acids is 1. The molecule has 0 fully saturated rings. The Bertz CT molecular complexity index is 566. The molecule has 1 heterocycles. The average Bonchev–Trinajstić information content (AvgIpc) is 2.66. The van der Waals surface area contributed by atoms with Crippen LogP contribution in [0.15, 0.2) is 24.4 Å². The number of anilines is 3. The third-order valence-electron chi connectivity index (χ3n) is 2.14. The third-order valence-corrected chi connectivity index (χ3v) is 2.97. The molecule has 1 aromatic heterocycles. The zero-order chi connectivity index (χ0) is 12.4. The standard InChI is InChI=1S/C11H11N3O2S/c1-6-5-13-11(17-6)14-9-3-2-7(12)4-8(9)10(15)16/h2-5H,12H2,1H3,(H,13,14)(H,15,16). The van der Waals surface area contributed by atoms with Crippen molar-refractivity contribution in [2.24, 2.45) is 0 Å². The molecule has 0 aliphatic carbocycles. The van der Waals surface area contributed by atoms with E-state index in [9.17, 15) is 4.79 Å². The van der Waals surface area contributed by atoms with Gasteiger partial charge in [0.15, 0.2) is 5.13 Å². The second-order valence-electron chi connectivity index (χ2n) is 3.51. The van der Waals surface area contributed by atoms with Crippen molar-refractivity contribution in [2.75, 3.05) is 11.1 Å². The first-order chi connectivity index (χ1) is 8.06. The van der Waals surface area contributed by atoms with Gasteiger partial charge in [-0.1, -0.05) is 0 Å². The maximum absolute atomic E-state index is 11.1. The molecular weight excluding hydrogens is 238 g/mol. The molecule has 0 unspecified atom stereocenters. The minimum absolute atomic E-state index is 0.137. The monoisotopic (exact) mass is 249 g/mol. The van der Waals surface area contributed by atoms with Gasteiger partial charge in [0, 0.05) is 16.8 Å². The minimum atomic E-state index is -1.02. The number of thiazole rings is 1. The lowest BCUT2D eigenvalue weighted by molar-refractivity contribution is 0.0698. The lowest BCUT2D eigenvalue weighted by Crippen LogP contribution is -2.03. The SMILES string of the molecule is Cc1cnc(Nc2ccc(N)cc2C(=O)O)s1. The van der Waals surface area contributed by atoms with Crippen LogP contribution in [0.3, 0.4) is 0 Å². The summed E-state index contributed by atoms with van der Waals surface area (Å²) in [6.45, 7) is 1.93. The Morgan fingerprint density at radius 3 is 2.88 bits per heavy atom. The number of carbonyl (C=O) groups is 1. The van der Waals surface area contributed by atoms with Crippen LogP contribution in [0, 0.1) is 6.92 Å². The van der Waals surface area contributed by atoms with Gasteiger partial charge in [-0.15, -0.1) is 11.3 Å². The van der Waals surface area contributed by atoms with Crippen molar-refractivity contribution in [3.05, 3.63) is 34.8 Å². The highest BCUT2D eigenvalue weighted by molar-refractivity contribution is 7.15. The summed E-state index contributed by atoms with van der Waals surface area (Å²) >= 11 is 1.46. The van der Waals surface area contributed by atoms with Gasteiger partial charge < -0.3 is 16.2 Å². The number of hydrogen-bond acceptors (Lipinski definition) is 5. The topological polar surface area (TPSA) is 88.2 Å². The second kappa shape index (κ2) is 4.42. The Morgan fingerprint density at radius 1 is 1.53 bits per heavy atom. The molecule has 0 spiro atoms. The lowest BCUT2D eigenvalue weighted by atomic mass is 10.1. The Balaban J connectivity index is 2.35. The number of aromatic carboxylic acids is 1. The van der Waals surface area contributed by atoms with E-state index in [0.717, 1.165) is 4.88 Å². The molecule has 0 atom stereocenters. The number of nitrogens with one attached hydrogen (secondary N) is 1. The van der Waals surface area contributed by atoms with Gasteiger partial charge in [-0.2, -0.15) is 0 Å². The first-order valence-corrected chi connectivity index (χ1v) is 5.70. The number of benzene rings is 1. The highest BCUT2D eigenvalue weighted by Crippen LogP contribution is 2.25. The zero-order valence-electron chi connectivity index (χ0n) is 9.10. The summed E-state index contributed by atoms with van der Waals surface area (Å²) in [5.41, 5.74) is 6.60. The number of rotatable bonds is 3. The second-order valence-corrected chi connectivity index (χ2v) is 4.75. The minimum Gasteiger partial charge on any atom is -0.478 e. The summed E-state index contributed by atoms with van der Waals surface area (Å²) < 4.78 is 0.